The Morgan fingerprint density at radius 2 is 1.83 bits per heavy atom. The van der Waals surface area contributed by atoms with Crippen LogP contribution in [0.2, 0.25) is 0 Å². The molecular weight excluding hydrogens is 423 g/mol. The lowest BCUT2D eigenvalue weighted by atomic mass is 10.1. The lowest BCUT2D eigenvalue weighted by molar-refractivity contribution is -0.138. The number of ether oxygens (including phenoxy) is 1. The molecule has 160 valence electrons. The van der Waals surface area contributed by atoms with Gasteiger partial charge < -0.3 is 4.74 Å². The fourth-order valence-corrected chi connectivity index (χ4v) is 4.35. The summed E-state index contributed by atoms with van der Waals surface area (Å²) in [5, 5.41) is 0. The smallest absolute Gasteiger partial charge is 0.417 e. The van der Waals surface area contributed by atoms with Gasteiger partial charge in [0.25, 0.3) is 0 Å². The number of nitrogens with zero attached hydrogens (tertiary/aromatic N) is 1. The van der Waals surface area contributed by atoms with Crippen molar-refractivity contribution in [2.75, 3.05) is 23.2 Å². The molecule has 3 rings (SSSR count). The highest BCUT2D eigenvalue weighted by Gasteiger charge is 2.35. The molecule has 0 aliphatic carbocycles. The molecule has 0 aromatic heterocycles. The second-order valence-electron chi connectivity index (χ2n) is 6.61. The number of fused-ring (bicyclic) bond motifs is 1. The molecule has 1 heterocycles. The Morgan fingerprint density at radius 3 is 2.50 bits per heavy atom. The number of carbonyl (C=O) groups is 2. The monoisotopic (exact) mass is 441 g/mol. The average Bonchev–Trinajstić information content (AvgIpc) is 3.15. The van der Waals surface area contributed by atoms with E-state index in [2.05, 4.69) is 0 Å². The van der Waals surface area contributed by atoms with Gasteiger partial charge in [-0.25, -0.2) is 13.2 Å². The number of hydrogen-bond acceptors (Lipinski definition) is 5. The van der Waals surface area contributed by atoms with Gasteiger partial charge in [0.05, 0.1) is 22.6 Å². The maximum absolute atomic E-state index is 13.0. The molecule has 30 heavy (non-hydrogen) atoms. The molecular formula is C20H18F3NO5S. The van der Waals surface area contributed by atoms with Gasteiger partial charge in [-0.3, -0.25) is 9.10 Å². The van der Waals surface area contributed by atoms with Gasteiger partial charge in [-0.1, -0.05) is 12.1 Å². The van der Waals surface area contributed by atoms with Gasteiger partial charge in [0, 0.05) is 12.1 Å². The number of alkyl halides is 3. The summed E-state index contributed by atoms with van der Waals surface area (Å²) in [4.78, 5) is 24.4. The molecule has 0 radical (unpaired) electrons. The minimum Gasteiger partial charge on any atom is -0.454 e. The van der Waals surface area contributed by atoms with Crippen LogP contribution in [0.5, 0.6) is 0 Å². The van der Waals surface area contributed by atoms with Crippen molar-refractivity contribution in [3.63, 3.8) is 0 Å². The third-order valence-corrected chi connectivity index (χ3v) is 6.52. The van der Waals surface area contributed by atoms with Gasteiger partial charge in [0.2, 0.25) is 10.0 Å². The van der Waals surface area contributed by atoms with Crippen LogP contribution < -0.4 is 4.31 Å². The number of rotatable bonds is 6. The van der Waals surface area contributed by atoms with Crippen LogP contribution in [0.25, 0.3) is 0 Å². The number of halogens is 3. The number of hydrogen-bond donors (Lipinski definition) is 0. The zero-order valence-corrected chi connectivity index (χ0v) is 16.7. The standard InChI is InChI=1S/C20H18F3NO5S/c1-2-30(27,28)24-10-9-13-11-14(7-8-17(13)24)18(25)12-29-19(26)15-5-3-4-6-16(15)20(21,22)23/h3-8,11H,2,9-10,12H2,1H3. The number of esters is 1. The summed E-state index contributed by atoms with van der Waals surface area (Å²) in [5.41, 5.74) is -0.484. The number of ketones is 1. The van der Waals surface area contributed by atoms with E-state index in [0.717, 1.165) is 18.2 Å². The van der Waals surface area contributed by atoms with E-state index in [1.807, 2.05) is 0 Å². The second kappa shape index (κ2) is 8.10. The van der Waals surface area contributed by atoms with E-state index in [9.17, 15) is 31.2 Å². The van der Waals surface area contributed by atoms with Crippen LogP contribution in [0.15, 0.2) is 42.5 Å². The summed E-state index contributed by atoms with van der Waals surface area (Å²) in [6.07, 6.45) is -4.31. The zero-order valence-electron chi connectivity index (χ0n) is 15.9. The van der Waals surface area contributed by atoms with Crippen molar-refractivity contribution in [1.82, 2.24) is 0 Å². The molecule has 0 N–H and O–H groups in total. The third kappa shape index (κ3) is 4.33. The highest BCUT2D eigenvalue weighted by atomic mass is 32.2. The Hall–Kier alpha value is -2.88. The summed E-state index contributed by atoms with van der Waals surface area (Å²) in [6, 6.07) is 8.58. The number of anilines is 1. The molecule has 0 spiro atoms. The summed E-state index contributed by atoms with van der Waals surface area (Å²) in [6.45, 7) is 1.07. The first-order valence-corrected chi connectivity index (χ1v) is 10.7. The van der Waals surface area contributed by atoms with Gasteiger partial charge in [-0.05, 0) is 49.2 Å². The summed E-state index contributed by atoms with van der Waals surface area (Å²) < 4.78 is 69.4. The molecule has 0 saturated carbocycles. The fourth-order valence-electron chi connectivity index (χ4n) is 3.19. The Morgan fingerprint density at radius 1 is 1.13 bits per heavy atom. The Bertz CT molecular complexity index is 1100. The van der Waals surface area contributed by atoms with Crippen LogP contribution in [0.3, 0.4) is 0 Å². The molecule has 10 heteroatoms. The van der Waals surface area contributed by atoms with Crippen LogP contribution >= 0.6 is 0 Å². The van der Waals surface area contributed by atoms with Crippen molar-refractivity contribution in [1.29, 1.82) is 0 Å². The average molecular weight is 441 g/mol. The van der Waals surface area contributed by atoms with Crippen LogP contribution in [-0.4, -0.2) is 39.1 Å². The van der Waals surface area contributed by atoms with E-state index in [0.29, 0.717) is 17.7 Å². The first kappa shape index (κ1) is 21.8. The maximum Gasteiger partial charge on any atom is 0.417 e. The molecule has 0 fully saturated rings. The molecule has 1 aliphatic rings. The van der Waals surface area contributed by atoms with Crippen molar-refractivity contribution >= 4 is 27.5 Å². The van der Waals surface area contributed by atoms with Gasteiger partial charge >= 0.3 is 12.1 Å². The van der Waals surface area contributed by atoms with Crippen LogP contribution in [0, 0.1) is 0 Å². The SMILES string of the molecule is CCS(=O)(=O)N1CCc2cc(C(=O)COC(=O)c3ccccc3C(F)(F)F)ccc21. The van der Waals surface area contributed by atoms with Gasteiger partial charge in [0.1, 0.15) is 0 Å². The Labute approximate surface area is 171 Å². The predicted octanol–water partition coefficient (Wildman–Crippen LogP) is 3.46. The van der Waals surface area contributed by atoms with Crippen molar-refractivity contribution < 1.29 is 35.9 Å². The topological polar surface area (TPSA) is 80.8 Å². The predicted molar refractivity (Wildman–Crippen MR) is 103 cm³/mol. The summed E-state index contributed by atoms with van der Waals surface area (Å²) in [7, 11) is -3.43. The fraction of sp³-hybridized carbons (Fsp3) is 0.300. The minimum absolute atomic E-state index is 0.0531. The van der Waals surface area contributed by atoms with E-state index in [-0.39, 0.29) is 17.9 Å². The van der Waals surface area contributed by atoms with E-state index < -0.39 is 45.7 Å². The van der Waals surface area contributed by atoms with Gasteiger partial charge in [-0.15, -0.1) is 0 Å². The molecule has 6 nitrogen and oxygen atoms in total. The number of sulfonamides is 1. The first-order chi connectivity index (χ1) is 14.0. The largest absolute Gasteiger partial charge is 0.454 e. The summed E-state index contributed by atoms with van der Waals surface area (Å²) >= 11 is 0. The zero-order chi connectivity index (χ0) is 22.1. The lowest BCUT2D eigenvalue weighted by Gasteiger charge is -2.18. The first-order valence-electron chi connectivity index (χ1n) is 9.04. The Kier molecular flexibility index (Phi) is 5.89. The van der Waals surface area contributed by atoms with Crippen LogP contribution in [0.4, 0.5) is 18.9 Å². The molecule has 2 aromatic rings. The molecule has 2 aromatic carbocycles. The van der Waals surface area contributed by atoms with Crippen molar-refractivity contribution in [3.8, 4) is 0 Å². The Balaban J connectivity index is 1.72. The summed E-state index contributed by atoms with van der Waals surface area (Å²) in [5.74, 6) is -1.91. The molecule has 0 amide bonds. The van der Waals surface area contributed by atoms with Crippen molar-refractivity contribution in [3.05, 3.63) is 64.7 Å². The third-order valence-electron chi connectivity index (χ3n) is 4.74. The van der Waals surface area contributed by atoms with Crippen molar-refractivity contribution in [2.45, 2.75) is 19.5 Å². The van der Waals surface area contributed by atoms with E-state index in [1.54, 1.807) is 0 Å². The number of Topliss-reactive ketones (excluding diaryl/α,β-unsaturated/α-hetero) is 1. The van der Waals surface area contributed by atoms with Gasteiger partial charge in [0.15, 0.2) is 12.4 Å². The normalized spacial score (nSPS) is 13.8. The van der Waals surface area contributed by atoms with E-state index in [1.165, 1.54) is 35.5 Å². The number of benzene rings is 2. The van der Waals surface area contributed by atoms with E-state index >= 15 is 0 Å². The molecule has 0 bridgehead atoms. The molecule has 0 unspecified atom stereocenters. The maximum atomic E-state index is 13.0. The molecule has 0 atom stereocenters. The number of carbonyl (C=O) groups excluding carboxylic acids is 2. The minimum atomic E-state index is -4.73. The van der Waals surface area contributed by atoms with Crippen LogP contribution in [-0.2, 0) is 27.4 Å². The quantitative estimate of drug-likeness (QED) is 0.507. The van der Waals surface area contributed by atoms with Crippen molar-refractivity contribution in [2.24, 2.45) is 0 Å². The second-order valence-corrected chi connectivity index (χ2v) is 8.79. The lowest BCUT2D eigenvalue weighted by Crippen LogP contribution is -2.30. The van der Waals surface area contributed by atoms with Crippen LogP contribution in [0.1, 0.15) is 38.8 Å². The van der Waals surface area contributed by atoms with Gasteiger partial charge in [-0.2, -0.15) is 13.2 Å². The molecule has 1 aliphatic heterocycles. The molecule has 0 saturated heterocycles. The highest BCUT2D eigenvalue weighted by Crippen LogP contribution is 2.33. The van der Waals surface area contributed by atoms with E-state index in [4.69, 9.17) is 4.74 Å². The highest BCUT2D eigenvalue weighted by molar-refractivity contribution is 7.92.